The molecule has 0 saturated carbocycles. The van der Waals surface area contributed by atoms with Crippen LogP contribution in [0.5, 0.6) is 0 Å². The maximum atomic E-state index is 12.1. The van der Waals surface area contributed by atoms with Crippen LogP contribution in [0.3, 0.4) is 0 Å². The van der Waals surface area contributed by atoms with Crippen LogP contribution in [0.15, 0.2) is 34.9 Å². The van der Waals surface area contributed by atoms with Crippen LogP contribution in [-0.4, -0.2) is 59.4 Å². The monoisotopic (exact) mass is 589 g/mol. The molecule has 204 valence electrons. The summed E-state index contributed by atoms with van der Waals surface area (Å²) >= 11 is 3.43. The van der Waals surface area contributed by atoms with E-state index in [1.807, 2.05) is 24.3 Å². The van der Waals surface area contributed by atoms with Crippen LogP contribution in [0, 0.1) is 5.41 Å². The Bertz CT molecular complexity index is 1190. The molecule has 2 aromatic rings. The van der Waals surface area contributed by atoms with Crippen LogP contribution >= 0.6 is 15.9 Å². The Morgan fingerprint density at radius 2 is 1.97 bits per heavy atom. The van der Waals surface area contributed by atoms with Crippen molar-refractivity contribution in [3.8, 4) is 0 Å². The molecule has 0 radical (unpaired) electrons. The van der Waals surface area contributed by atoms with E-state index in [4.69, 9.17) is 10.5 Å². The van der Waals surface area contributed by atoms with Crippen LogP contribution in [0.4, 0.5) is 17.5 Å². The first kappa shape index (κ1) is 28.8. The number of nitrogens with two attached hydrogens (primary N) is 1. The molecule has 1 fully saturated rings. The third kappa shape index (κ3) is 8.13. The predicted molar refractivity (Wildman–Crippen MR) is 144 cm³/mol. The highest BCUT2D eigenvalue weighted by molar-refractivity contribution is 9.10. The number of rotatable bonds is 13. The molecule has 3 rings (SSSR count). The van der Waals surface area contributed by atoms with E-state index in [1.165, 1.54) is 13.8 Å². The van der Waals surface area contributed by atoms with E-state index in [-0.39, 0.29) is 18.3 Å². The van der Waals surface area contributed by atoms with Crippen molar-refractivity contribution in [3.63, 3.8) is 0 Å². The van der Waals surface area contributed by atoms with Gasteiger partial charge in [0.2, 0.25) is 17.8 Å². The van der Waals surface area contributed by atoms with Crippen LogP contribution in [0.25, 0.3) is 0 Å². The minimum atomic E-state index is -1.26. The maximum Gasteiger partial charge on any atom is 0.306 e. The van der Waals surface area contributed by atoms with E-state index in [1.54, 1.807) is 6.20 Å². The third-order valence-electron chi connectivity index (χ3n) is 5.93. The van der Waals surface area contributed by atoms with Gasteiger partial charge in [0.05, 0.1) is 4.47 Å². The van der Waals surface area contributed by atoms with E-state index in [2.05, 4.69) is 47.2 Å². The highest BCUT2D eigenvalue weighted by atomic mass is 79.9. The van der Waals surface area contributed by atoms with Crippen LogP contribution in [0.1, 0.15) is 38.7 Å². The summed E-state index contributed by atoms with van der Waals surface area (Å²) in [6.45, 7) is 4.28. The number of benzene rings is 1. The van der Waals surface area contributed by atoms with E-state index in [9.17, 15) is 19.2 Å². The van der Waals surface area contributed by atoms with Gasteiger partial charge >= 0.3 is 5.97 Å². The van der Waals surface area contributed by atoms with E-state index < -0.39 is 23.3 Å². The van der Waals surface area contributed by atoms with Crippen molar-refractivity contribution >= 4 is 57.1 Å². The average molecular weight is 590 g/mol. The number of amides is 3. The molecule has 6 N–H and O–H groups in total. The summed E-state index contributed by atoms with van der Waals surface area (Å²) in [7, 11) is 0. The van der Waals surface area contributed by atoms with Crippen molar-refractivity contribution < 1.29 is 23.9 Å². The summed E-state index contributed by atoms with van der Waals surface area (Å²) in [5, 5.41) is 11.9. The Labute approximate surface area is 229 Å². The van der Waals surface area contributed by atoms with Gasteiger partial charge in [-0.05, 0) is 60.3 Å². The average Bonchev–Trinajstić information content (AvgIpc) is 3.32. The number of halogens is 1. The fourth-order valence-electron chi connectivity index (χ4n) is 3.47. The maximum absolute atomic E-state index is 12.1. The molecule has 38 heavy (non-hydrogen) atoms. The molecule has 0 aliphatic carbocycles. The zero-order chi connectivity index (χ0) is 27.7. The first-order chi connectivity index (χ1) is 18.1. The quantitative estimate of drug-likeness (QED) is 0.132. The first-order valence-corrected chi connectivity index (χ1v) is 13.0. The summed E-state index contributed by atoms with van der Waals surface area (Å²) in [4.78, 5) is 55.5. The smallest absolute Gasteiger partial charge is 0.306 e. The Morgan fingerprint density at radius 3 is 2.68 bits per heavy atom. The van der Waals surface area contributed by atoms with E-state index in [0.717, 1.165) is 11.3 Å². The zero-order valence-corrected chi connectivity index (χ0v) is 22.9. The molecule has 0 unspecified atom stereocenters. The van der Waals surface area contributed by atoms with Gasteiger partial charge in [-0.25, -0.2) is 4.98 Å². The van der Waals surface area contributed by atoms with Crippen molar-refractivity contribution in [2.75, 3.05) is 30.3 Å². The minimum absolute atomic E-state index is 0.273. The van der Waals surface area contributed by atoms with Crippen molar-refractivity contribution in [1.29, 1.82) is 0 Å². The van der Waals surface area contributed by atoms with Crippen molar-refractivity contribution in [2.45, 2.75) is 45.6 Å². The number of nitrogens with zero attached hydrogens (tertiary/aromatic N) is 2. The molecule has 0 bridgehead atoms. The van der Waals surface area contributed by atoms with Gasteiger partial charge < -0.3 is 31.7 Å². The second-order valence-electron chi connectivity index (χ2n) is 9.30. The molecule has 0 spiro atoms. The normalized spacial score (nSPS) is 14.9. The Morgan fingerprint density at radius 1 is 1.18 bits per heavy atom. The number of hydrogen-bond donors (Lipinski definition) is 5. The Kier molecular flexibility index (Phi) is 9.99. The van der Waals surface area contributed by atoms with Gasteiger partial charge in [-0.15, -0.1) is 0 Å². The lowest BCUT2D eigenvalue weighted by Gasteiger charge is -2.19. The molecular weight excluding hydrogens is 558 g/mol. The molecule has 13 heteroatoms. The van der Waals surface area contributed by atoms with Crippen LogP contribution in [0.2, 0.25) is 0 Å². The number of nitrogens with one attached hydrogen (secondary N) is 4. The van der Waals surface area contributed by atoms with Crippen molar-refractivity contribution in [2.24, 2.45) is 11.1 Å². The molecule has 1 aromatic carbocycles. The topological polar surface area (TPSA) is 177 Å². The van der Waals surface area contributed by atoms with Gasteiger partial charge in [0, 0.05) is 44.4 Å². The first-order valence-electron chi connectivity index (χ1n) is 12.2. The SMILES string of the molecule is CC(C)(C(N)=O)C(=O)NCCCNc1nc(Nc2cccc(CCNC(=O)[C@@H]3CCC(=O)O3)c2)ncc1Br. The largest absolute Gasteiger partial charge is 0.452 e. The van der Waals surface area contributed by atoms with Gasteiger partial charge in [0.25, 0.3) is 5.91 Å². The molecule has 1 saturated heterocycles. The number of cyclic esters (lactones) is 1. The molecule has 1 aromatic heterocycles. The van der Waals surface area contributed by atoms with Gasteiger partial charge in [-0.3, -0.25) is 19.2 Å². The minimum Gasteiger partial charge on any atom is -0.452 e. The number of anilines is 3. The molecule has 1 atom stereocenters. The summed E-state index contributed by atoms with van der Waals surface area (Å²) in [5.41, 5.74) is 5.78. The van der Waals surface area contributed by atoms with Crippen LogP contribution in [-0.2, 0) is 30.3 Å². The second-order valence-corrected chi connectivity index (χ2v) is 10.2. The van der Waals surface area contributed by atoms with E-state index >= 15 is 0 Å². The summed E-state index contributed by atoms with van der Waals surface area (Å²) < 4.78 is 5.66. The van der Waals surface area contributed by atoms with E-state index in [0.29, 0.717) is 55.1 Å². The number of esters is 1. The highest BCUT2D eigenvalue weighted by Gasteiger charge is 2.33. The predicted octanol–water partition coefficient (Wildman–Crippen LogP) is 1.78. The van der Waals surface area contributed by atoms with Gasteiger partial charge in [0.15, 0.2) is 6.10 Å². The number of hydrogen-bond acceptors (Lipinski definition) is 9. The fourth-order valence-corrected chi connectivity index (χ4v) is 3.80. The molecule has 3 amide bonds. The summed E-state index contributed by atoms with van der Waals surface area (Å²) in [5.74, 6) is -0.733. The summed E-state index contributed by atoms with van der Waals surface area (Å²) in [6, 6.07) is 7.67. The molecule has 1 aliphatic heterocycles. The summed E-state index contributed by atoms with van der Waals surface area (Å²) in [6.07, 6.45) is 2.82. The number of primary amides is 1. The van der Waals surface area contributed by atoms with Crippen LogP contribution < -0.4 is 27.0 Å². The number of ether oxygens (including phenoxy) is 1. The lowest BCUT2D eigenvalue weighted by Crippen LogP contribution is -2.46. The highest BCUT2D eigenvalue weighted by Crippen LogP contribution is 2.22. The fraction of sp³-hybridized carbons (Fsp3) is 0.440. The van der Waals surface area contributed by atoms with Crippen molar-refractivity contribution in [3.05, 3.63) is 40.5 Å². The molecule has 12 nitrogen and oxygen atoms in total. The second kappa shape index (κ2) is 13.2. The van der Waals surface area contributed by atoms with Crippen molar-refractivity contribution in [1.82, 2.24) is 20.6 Å². The number of aromatic nitrogens is 2. The standard InChI is InChI=1S/C25H32BrN7O5/c1-25(2,22(27)36)23(37)30-11-4-10-28-20-17(26)14-31-24(33-20)32-16-6-3-5-15(13-16)9-12-29-21(35)18-7-8-19(34)38-18/h3,5-6,13-14,18H,4,7-12H2,1-2H3,(H2,27,36)(H,29,35)(H,30,37)(H2,28,31,32,33)/t18-/m0/s1. The molecule has 2 heterocycles. The molecule has 1 aliphatic rings. The van der Waals surface area contributed by atoms with Gasteiger partial charge in [-0.1, -0.05) is 12.1 Å². The van der Waals surface area contributed by atoms with Gasteiger partial charge in [-0.2, -0.15) is 4.98 Å². The van der Waals surface area contributed by atoms with Gasteiger partial charge in [0.1, 0.15) is 11.2 Å². The lowest BCUT2D eigenvalue weighted by atomic mass is 9.91. The third-order valence-corrected chi connectivity index (χ3v) is 6.51. The Hall–Kier alpha value is -3.74. The lowest BCUT2D eigenvalue weighted by molar-refractivity contribution is -0.148. The Balaban J connectivity index is 1.46. The molecular formula is C25H32BrN7O5. The zero-order valence-electron chi connectivity index (χ0n) is 21.3. The number of carbonyl (C=O) groups is 4. The number of carbonyl (C=O) groups excluding carboxylic acids is 4.